The molecule has 2 unspecified atom stereocenters. The predicted octanol–water partition coefficient (Wildman–Crippen LogP) is 4.05. The molecule has 0 aliphatic heterocycles. The third kappa shape index (κ3) is 3.46. The Morgan fingerprint density at radius 2 is 2.06 bits per heavy atom. The molecule has 0 radical (unpaired) electrons. The van der Waals surface area contributed by atoms with Crippen molar-refractivity contribution in [3.05, 3.63) is 34.6 Å². The summed E-state index contributed by atoms with van der Waals surface area (Å²) in [5.41, 5.74) is 0.766. The van der Waals surface area contributed by atoms with Crippen LogP contribution in [-0.4, -0.2) is 12.6 Å². The quantitative estimate of drug-likeness (QED) is 0.850. The molecular weight excluding hydrogens is 249 g/mol. The molecule has 0 spiro atoms. The molecule has 2 atom stereocenters. The van der Waals surface area contributed by atoms with Crippen LogP contribution in [0.25, 0.3) is 0 Å². The highest BCUT2D eigenvalue weighted by molar-refractivity contribution is 6.30. The maximum Gasteiger partial charge on any atom is 0.126 e. The number of halogens is 2. The smallest absolute Gasteiger partial charge is 0.126 e. The predicted molar refractivity (Wildman–Crippen MR) is 74.5 cm³/mol. The van der Waals surface area contributed by atoms with Crippen molar-refractivity contribution in [3.63, 3.8) is 0 Å². The maximum absolute atomic E-state index is 13.7. The molecule has 1 N–H and O–H groups in total. The van der Waals surface area contributed by atoms with Crippen molar-refractivity contribution in [2.75, 3.05) is 6.54 Å². The number of benzene rings is 1. The SMILES string of the molecule is CC(C)NCC1CCC1Cc1cc(Cl)ccc1F. The fourth-order valence-corrected chi connectivity index (χ4v) is 2.74. The van der Waals surface area contributed by atoms with E-state index in [1.165, 1.54) is 18.9 Å². The minimum absolute atomic E-state index is 0.123. The van der Waals surface area contributed by atoms with Crippen molar-refractivity contribution in [2.24, 2.45) is 11.8 Å². The molecule has 0 aromatic heterocycles. The maximum atomic E-state index is 13.7. The van der Waals surface area contributed by atoms with Crippen molar-refractivity contribution in [1.29, 1.82) is 0 Å². The molecule has 1 aromatic carbocycles. The average Bonchev–Trinajstić information content (AvgIpc) is 2.28. The lowest BCUT2D eigenvalue weighted by atomic mass is 9.70. The van der Waals surface area contributed by atoms with E-state index in [0.717, 1.165) is 18.5 Å². The molecule has 18 heavy (non-hydrogen) atoms. The summed E-state index contributed by atoms with van der Waals surface area (Å²) in [5.74, 6) is 1.16. The lowest BCUT2D eigenvalue weighted by molar-refractivity contribution is 0.166. The summed E-state index contributed by atoms with van der Waals surface area (Å²) < 4.78 is 13.7. The topological polar surface area (TPSA) is 12.0 Å². The second-order valence-electron chi connectivity index (χ2n) is 5.60. The Hall–Kier alpha value is -0.600. The van der Waals surface area contributed by atoms with Gasteiger partial charge in [-0.05, 0) is 61.4 Å². The van der Waals surface area contributed by atoms with Gasteiger partial charge in [0.05, 0.1) is 0 Å². The fourth-order valence-electron chi connectivity index (χ4n) is 2.54. The van der Waals surface area contributed by atoms with Crippen LogP contribution in [0.2, 0.25) is 5.02 Å². The van der Waals surface area contributed by atoms with Crippen LogP contribution >= 0.6 is 11.6 Å². The van der Waals surface area contributed by atoms with E-state index in [1.54, 1.807) is 12.1 Å². The standard InChI is InChI=1S/C15H21ClFN/c1-10(2)18-9-12-4-3-11(12)7-13-8-14(16)5-6-15(13)17/h5-6,8,10-12,18H,3-4,7,9H2,1-2H3. The van der Waals surface area contributed by atoms with Gasteiger partial charge in [-0.15, -0.1) is 0 Å². The van der Waals surface area contributed by atoms with Crippen LogP contribution < -0.4 is 5.32 Å². The minimum Gasteiger partial charge on any atom is -0.314 e. The van der Waals surface area contributed by atoms with Gasteiger partial charge in [0, 0.05) is 11.1 Å². The van der Waals surface area contributed by atoms with Gasteiger partial charge in [0.25, 0.3) is 0 Å². The van der Waals surface area contributed by atoms with E-state index in [9.17, 15) is 4.39 Å². The van der Waals surface area contributed by atoms with Crippen LogP contribution in [0, 0.1) is 17.7 Å². The first-order valence-corrected chi connectivity index (χ1v) is 7.11. The van der Waals surface area contributed by atoms with E-state index in [0.29, 0.717) is 22.9 Å². The summed E-state index contributed by atoms with van der Waals surface area (Å²) in [6.07, 6.45) is 3.28. The van der Waals surface area contributed by atoms with Crippen molar-refractivity contribution >= 4 is 11.6 Å². The molecule has 1 aliphatic carbocycles. The Kier molecular flexibility index (Phi) is 4.63. The van der Waals surface area contributed by atoms with Crippen LogP contribution in [0.5, 0.6) is 0 Å². The van der Waals surface area contributed by atoms with Gasteiger partial charge in [-0.2, -0.15) is 0 Å². The highest BCUT2D eigenvalue weighted by Crippen LogP contribution is 2.37. The minimum atomic E-state index is -0.123. The zero-order chi connectivity index (χ0) is 13.1. The van der Waals surface area contributed by atoms with Gasteiger partial charge in [-0.1, -0.05) is 25.4 Å². The van der Waals surface area contributed by atoms with Crippen molar-refractivity contribution < 1.29 is 4.39 Å². The van der Waals surface area contributed by atoms with Crippen molar-refractivity contribution in [2.45, 2.75) is 39.2 Å². The molecular formula is C15H21ClFN. The molecule has 1 nitrogen and oxygen atoms in total. The highest BCUT2D eigenvalue weighted by Gasteiger charge is 2.31. The molecule has 1 fully saturated rings. The van der Waals surface area contributed by atoms with E-state index < -0.39 is 0 Å². The third-order valence-corrected chi connectivity index (χ3v) is 4.09. The Morgan fingerprint density at radius 1 is 1.33 bits per heavy atom. The van der Waals surface area contributed by atoms with Gasteiger partial charge in [0.2, 0.25) is 0 Å². The molecule has 0 saturated heterocycles. The van der Waals surface area contributed by atoms with Gasteiger partial charge < -0.3 is 5.32 Å². The largest absolute Gasteiger partial charge is 0.314 e. The monoisotopic (exact) mass is 269 g/mol. The number of rotatable bonds is 5. The molecule has 0 bridgehead atoms. The van der Waals surface area contributed by atoms with E-state index >= 15 is 0 Å². The normalized spacial score (nSPS) is 23.2. The Morgan fingerprint density at radius 3 is 2.67 bits per heavy atom. The van der Waals surface area contributed by atoms with Crippen LogP contribution in [0.1, 0.15) is 32.3 Å². The van der Waals surface area contributed by atoms with Crippen LogP contribution in [0.3, 0.4) is 0 Å². The second kappa shape index (κ2) is 6.03. The first kappa shape index (κ1) is 13.8. The molecule has 1 saturated carbocycles. The van der Waals surface area contributed by atoms with Crippen molar-refractivity contribution in [1.82, 2.24) is 5.32 Å². The zero-order valence-electron chi connectivity index (χ0n) is 11.0. The molecule has 0 amide bonds. The van der Waals surface area contributed by atoms with E-state index in [2.05, 4.69) is 19.2 Å². The van der Waals surface area contributed by atoms with Gasteiger partial charge in [0.15, 0.2) is 0 Å². The molecule has 1 aliphatic rings. The molecule has 100 valence electrons. The summed E-state index contributed by atoms with van der Waals surface area (Å²) in [5, 5.41) is 4.10. The molecule has 2 rings (SSSR count). The highest BCUT2D eigenvalue weighted by atomic mass is 35.5. The van der Waals surface area contributed by atoms with Gasteiger partial charge >= 0.3 is 0 Å². The average molecular weight is 270 g/mol. The molecule has 1 aromatic rings. The molecule has 0 heterocycles. The van der Waals surface area contributed by atoms with Crippen LogP contribution in [0.4, 0.5) is 4.39 Å². The van der Waals surface area contributed by atoms with Crippen LogP contribution in [-0.2, 0) is 6.42 Å². The van der Waals surface area contributed by atoms with E-state index in [-0.39, 0.29) is 5.82 Å². The lowest BCUT2D eigenvalue weighted by Crippen LogP contribution is -2.38. The number of hydrogen-bond acceptors (Lipinski definition) is 1. The lowest BCUT2D eigenvalue weighted by Gasteiger charge is -2.37. The van der Waals surface area contributed by atoms with Crippen molar-refractivity contribution in [3.8, 4) is 0 Å². The zero-order valence-corrected chi connectivity index (χ0v) is 11.8. The first-order valence-electron chi connectivity index (χ1n) is 6.73. The number of hydrogen-bond donors (Lipinski definition) is 1. The summed E-state index contributed by atoms with van der Waals surface area (Å²) in [4.78, 5) is 0. The summed E-state index contributed by atoms with van der Waals surface area (Å²) >= 11 is 5.92. The summed E-state index contributed by atoms with van der Waals surface area (Å²) in [6.45, 7) is 5.36. The van der Waals surface area contributed by atoms with Gasteiger partial charge in [0.1, 0.15) is 5.82 Å². The fraction of sp³-hybridized carbons (Fsp3) is 0.600. The second-order valence-corrected chi connectivity index (χ2v) is 6.04. The Balaban J connectivity index is 1.91. The molecule has 3 heteroatoms. The third-order valence-electron chi connectivity index (χ3n) is 3.85. The Labute approximate surface area is 114 Å². The Bertz CT molecular complexity index is 405. The number of nitrogens with one attached hydrogen (secondary N) is 1. The summed E-state index contributed by atoms with van der Waals surface area (Å²) in [6, 6.07) is 5.37. The van der Waals surface area contributed by atoms with Gasteiger partial charge in [-0.3, -0.25) is 0 Å². The summed E-state index contributed by atoms with van der Waals surface area (Å²) in [7, 11) is 0. The van der Waals surface area contributed by atoms with E-state index in [4.69, 9.17) is 11.6 Å². The van der Waals surface area contributed by atoms with Gasteiger partial charge in [-0.25, -0.2) is 4.39 Å². The first-order chi connectivity index (χ1) is 8.56. The van der Waals surface area contributed by atoms with Crippen LogP contribution in [0.15, 0.2) is 18.2 Å². The van der Waals surface area contributed by atoms with E-state index in [1.807, 2.05) is 0 Å².